The first kappa shape index (κ1) is 13.3. The molecule has 0 spiro atoms. The first-order valence-electron chi connectivity index (χ1n) is 6.22. The first-order valence-corrected chi connectivity index (χ1v) is 7.27. The van der Waals surface area contributed by atoms with Crippen molar-refractivity contribution >= 4 is 11.8 Å². The molecule has 1 heterocycles. The van der Waals surface area contributed by atoms with Crippen LogP contribution >= 0.6 is 11.8 Å². The summed E-state index contributed by atoms with van der Waals surface area (Å²) >= 11 is 2.11. The SMILES string of the molecule is CC(N)CCCCN1CCSC(C)C1C. The summed E-state index contributed by atoms with van der Waals surface area (Å²) in [6.07, 6.45) is 3.76. The zero-order valence-electron chi connectivity index (χ0n) is 10.4. The zero-order chi connectivity index (χ0) is 11.3. The lowest BCUT2D eigenvalue weighted by Gasteiger charge is -2.37. The Kier molecular flexibility index (Phi) is 6.02. The Morgan fingerprint density at radius 2 is 2.13 bits per heavy atom. The van der Waals surface area contributed by atoms with Crippen LogP contribution < -0.4 is 5.73 Å². The minimum Gasteiger partial charge on any atom is -0.328 e. The van der Waals surface area contributed by atoms with Gasteiger partial charge in [0.25, 0.3) is 0 Å². The topological polar surface area (TPSA) is 29.3 Å². The number of unbranched alkanes of at least 4 members (excludes halogenated alkanes) is 1. The number of hydrogen-bond acceptors (Lipinski definition) is 3. The standard InChI is InChI=1S/C12H26N2S/c1-10(13)6-4-5-7-14-8-9-15-12(3)11(14)2/h10-12H,4-9,13H2,1-3H3. The van der Waals surface area contributed by atoms with Crippen LogP contribution in [0.4, 0.5) is 0 Å². The van der Waals surface area contributed by atoms with Crippen molar-refractivity contribution in [2.75, 3.05) is 18.8 Å². The van der Waals surface area contributed by atoms with Gasteiger partial charge < -0.3 is 5.73 Å². The number of thioether (sulfide) groups is 1. The molecule has 3 atom stereocenters. The summed E-state index contributed by atoms with van der Waals surface area (Å²) in [4.78, 5) is 2.64. The van der Waals surface area contributed by atoms with Gasteiger partial charge in [0.1, 0.15) is 0 Å². The van der Waals surface area contributed by atoms with Gasteiger partial charge in [-0.15, -0.1) is 0 Å². The van der Waals surface area contributed by atoms with E-state index in [-0.39, 0.29) is 0 Å². The van der Waals surface area contributed by atoms with E-state index in [0.717, 1.165) is 11.3 Å². The van der Waals surface area contributed by atoms with Crippen LogP contribution in [0.3, 0.4) is 0 Å². The minimum absolute atomic E-state index is 0.373. The highest BCUT2D eigenvalue weighted by Gasteiger charge is 2.24. The molecule has 1 aliphatic rings. The van der Waals surface area contributed by atoms with Gasteiger partial charge in [-0.3, -0.25) is 4.90 Å². The smallest absolute Gasteiger partial charge is 0.0184 e. The van der Waals surface area contributed by atoms with E-state index in [2.05, 4.69) is 37.4 Å². The second-order valence-corrected chi connectivity index (χ2v) is 6.31. The van der Waals surface area contributed by atoms with Crippen LogP contribution in [-0.2, 0) is 0 Å². The number of rotatable bonds is 5. The molecule has 2 N–H and O–H groups in total. The average molecular weight is 230 g/mol. The van der Waals surface area contributed by atoms with Gasteiger partial charge in [0.15, 0.2) is 0 Å². The fourth-order valence-corrected chi connectivity index (χ4v) is 3.25. The van der Waals surface area contributed by atoms with Crippen molar-refractivity contribution in [2.45, 2.75) is 57.4 Å². The van der Waals surface area contributed by atoms with Crippen LogP contribution in [0.2, 0.25) is 0 Å². The van der Waals surface area contributed by atoms with Crippen LogP contribution in [0.1, 0.15) is 40.0 Å². The molecule has 2 nitrogen and oxygen atoms in total. The molecule has 0 amide bonds. The fraction of sp³-hybridized carbons (Fsp3) is 1.00. The summed E-state index contributed by atoms with van der Waals surface area (Å²) in [6, 6.07) is 1.12. The van der Waals surface area contributed by atoms with E-state index in [1.165, 1.54) is 38.1 Å². The molecule has 90 valence electrons. The van der Waals surface area contributed by atoms with Crippen molar-refractivity contribution in [3.05, 3.63) is 0 Å². The molecule has 15 heavy (non-hydrogen) atoms. The van der Waals surface area contributed by atoms with Crippen LogP contribution in [0.5, 0.6) is 0 Å². The molecule has 0 bridgehead atoms. The third-order valence-electron chi connectivity index (χ3n) is 3.37. The molecular formula is C12H26N2S. The van der Waals surface area contributed by atoms with Gasteiger partial charge in [0.2, 0.25) is 0 Å². The molecule has 0 aromatic rings. The van der Waals surface area contributed by atoms with Crippen molar-refractivity contribution in [1.82, 2.24) is 4.90 Å². The molecule has 3 unspecified atom stereocenters. The Morgan fingerprint density at radius 3 is 2.80 bits per heavy atom. The lowest BCUT2D eigenvalue weighted by Crippen LogP contribution is -2.44. The van der Waals surface area contributed by atoms with Gasteiger partial charge in [-0.25, -0.2) is 0 Å². The van der Waals surface area contributed by atoms with Crippen molar-refractivity contribution in [2.24, 2.45) is 5.73 Å². The van der Waals surface area contributed by atoms with E-state index in [9.17, 15) is 0 Å². The predicted molar refractivity (Wildman–Crippen MR) is 70.5 cm³/mol. The van der Waals surface area contributed by atoms with Crippen LogP contribution in [0.25, 0.3) is 0 Å². The zero-order valence-corrected chi connectivity index (χ0v) is 11.2. The minimum atomic E-state index is 0.373. The molecule has 1 aliphatic heterocycles. The van der Waals surface area contributed by atoms with Crippen LogP contribution in [-0.4, -0.2) is 41.1 Å². The molecule has 0 radical (unpaired) electrons. The third kappa shape index (κ3) is 4.75. The summed E-state index contributed by atoms with van der Waals surface area (Å²) in [5.41, 5.74) is 5.74. The molecule has 0 aliphatic carbocycles. The number of nitrogens with zero attached hydrogens (tertiary/aromatic N) is 1. The van der Waals surface area contributed by atoms with Crippen LogP contribution in [0.15, 0.2) is 0 Å². The normalized spacial score (nSPS) is 30.4. The molecule has 1 saturated heterocycles. The summed E-state index contributed by atoms with van der Waals surface area (Å²) in [6.45, 7) is 9.35. The van der Waals surface area contributed by atoms with E-state index in [0.29, 0.717) is 6.04 Å². The maximum absolute atomic E-state index is 5.74. The number of hydrogen-bond donors (Lipinski definition) is 1. The highest BCUT2D eigenvalue weighted by molar-refractivity contribution is 8.00. The van der Waals surface area contributed by atoms with E-state index in [1.807, 2.05) is 0 Å². The van der Waals surface area contributed by atoms with Crippen molar-refractivity contribution in [3.63, 3.8) is 0 Å². The van der Waals surface area contributed by atoms with Gasteiger partial charge in [-0.05, 0) is 33.2 Å². The highest BCUT2D eigenvalue weighted by atomic mass is 32.2. The first-order chi connectivity index (χ1) is 7.11. The van der Waals surface area contributed by atoms with Gasteiger partial charge >= 0.3 is 0 Å². The summed E-state index contributed by atoms with van der Waals surface area (Å²) < 4.78 is 0. The lowest BCUT2D eigenvalue weighted by molar-refractivity contribution is 0.208. The molecular weight excluding hydrogens is 204 g/mol. The van der Waals surface area contributed by atoms with Crippen molar-refractivity contribution in [3.8, 4) is 0 Å². The van der Waals surface area contributed by atoms with Gasteiger partial charge in [0.05, 0.1) is 0 Å². The fourth-order valence-electron chi connectivity index (χ4n) is 2.09. The molecule has 1 rings (SSSR count). The molecule has 1 fully saturated rings. The van der Waals surface area contributed by atoms with E-state index >= 15 is 0 Å². The average Bonchev–Trinajstić information content (AvgIpc) is 2.18. The second-order valence-electron chi connectivity index (χ2n) is 4.83. The van der Waals surface area contributed by atoms with Gasteiger partial charge in [-0.2, -0.15) is 11.8 Å². The van der Waals surface area contributed by atoms with Crippen LogP contribution in [0, 0.1) is 0 Å². The van der Waals surface area contributed by atoms with E-state index < -0.39 is 0 Å². The van der Waals surface area contributed by atoms with Gasteiger partial charge in [-0.1, -0.05) is 13.3 Å². The van der Waals surface area contributed by atoms with E-state index in [4.69, 9.17) is 5.73 Å². The molecule has 0 aromatic carbocycles. The molecule has 3 heteroatoms. The van der Waals surface area contributed by atoms with Gasteiger partial charge in [0, 0.05) is 29.6 Å². The Morgan fingerprint density at radius 1 is 1.40 bits per heavy atom. The largest absolute Gasteiger partial charge is 0.328 e. The monoisotopic (exact) mass is 230 g/mol. The molecule has 0 saturated carbocycles. The Bertz CT molecular complexity index is 173. The Balaban J connectivity index is 2.14. The summed E-state index contributed by atoms with van der Waals surface area (Å²) in [5, 5.41) is 0.798. The Labute approximate surface area is 99.0 Å². The summed E-state index contributed by atoms with van der Waals surface area (Å²) in [7, 11) is 0. The van der Waals surface area contributed by atoms with Crippen molar-refractivity contribution in [1.29, 1.82) is 0 Å². The number of nitrogens with two attached hydrogens (primary N) is 1. The maximum Gasteiger partial charge on any atom is 0.0184 e. The highest BCUT2D eigenvalue weighted by Crippen LogP contribution is 2.24. The predicted octanol–water partition coefficient (Wildman–Crippen LogP) is 2.33. The quantitative estimate of drug-likeness (QED) is 0.735. The Hall–Kier alpha value is 0.270. The third-order valence-corrected chi connectivity index (χ3v) is 4.71. The van der Waals surface area contributed by atoms with Crippen molar-refractivity contribution < 1.29 is 0 Å². The molecule has 0 aromatic heterocycles. The summed E-state index contributed by atoms with van der Waals surface area (Å²) in [5.74, 6) is 1.30. The second kappa shape index (κ2) is 6.77. The maximum atomic E-state index is 5.74. The lowest BCUT2D eigenvalue weighted by atomic mass is 10.1. The van der Waals surface area contributed by atoms with E-state index in [1.54, 1.807) is 0 Å².